The molecule has 0 radical (unpaired) electrons. The summed E-state index contributed by atoms with van der Waals surface area (Å²) in [7, 11) is 0. The normalized spacial score (nSPS) is 18.0. The zero-order chi connectivity index (χ0) is 19.6. The minimum Gasteiger partial charge on any atom is -0.512 e. The third-order valence-electron chi connectivity index (χ3n) is 5.37. The van der Waals surface area contributed by atoms with E-state index in [1.807, 2.05) is 18.2 Å². The molecule has 144 valence electrons. The topological polar surface area (TPSA) is 20.2 Å². The highest BCUT2D eigenvalue weighted by Crippen LogP contribution is 2.50. The Labute approximate surface area is 172 Å². The van der Waals surface area contributed by atoms with Crippen LogP contribution < -0.4 is 0 Å². The predicted octanol–water partition coefficient (Wildman–Crippen LogP) is 8.32. The molecule has 3 rings (SSSR count). The van der Waals surface area contributed by atoms with Gasteiger partial charge in [-0.15, -0.1) is 11.8 Å². The van der Waals surface area contributed by atoms with Crippen LogP contribution in [0.15, 0.2) is 64.8 Å². The van der Waals surface area contributed by atoms with Gasteiger partial charge in [0, 0.05) is 16.3 Å². The highest BCUT2D eigenvalue weighted by molar-refractivity contribution is 7.99. The van der Waals surface area contributed by atoms with E-state index < -0.39 is 0 Å². The van der Waals surface area contributed by atoms with Gasteiger partial charge in [-0.2, -0.15) is 0 Å². The number of allylic oxidation sites excluding steroid dienone is 1. The number of hydrogen-bond donors (Lipinski definition) is 1. The SMILES string of the molecule is CC(C)c1cccc(SC(C2=C(O)CC(C)(C)CC2)c2ccccc2Cl)c1. The maximum absolute atomic E-state index is 10.9. The van der Waals surface area contributed by atoms with Crippen molar-refractivity contribution in [2.45, 2.75) is 63.0 Å². The van der Waals surface area contributed by atoms with Crippen LogP contribution in [0, 0.1) is 5.41 Å². The molecular weight excluding hydrogens is 372 g/mol. The Hall–Kier alpha value is -1.38. The average molecular weight is 401 g/mol. The second-order valence-corrected chi connectivity index (χ2v) is 10.1. The number of rotatable bonds is 5. The third kappa shape index (κ3) is 4.92. The number of thioether (sulfide) groups is 1. The molecular formula is C24H29ClOS. The molecule has 0 amide bonds. The molecule has 2 aromatic carbocycles. The fourth-order valence-corrected chi connectivity index (χ4v) is 5.32. The fraction of sp³-hybridized carbons (Fsp3) is 0.417. The van der Waals surface area contributed by atoms with Crippen molar-refractivity contribution >= 4 is 23.4 Å². The summed E-state index contributed by atoms with van der Waals surface area (Å²) in [4.78, 5) is 1.22. The van der Waals surface area contributed by atoms with Gasteiger partial charge in [0.1, 0.15) is 0 Å². The molecule has 1 aliphatic carbocycles. The maximum atomic E-state index is 10.9. The first-order chi connectivity index (χ1) is 12.8. The molecule has 0 bridgehead atoms. The van der Waals surface area contributed by atoms with Crippen LogP contribution in [-0.4, -0.2) is 5.11 Å². The van der Waals surface area contributed by atoms with Crippen LogP contribution in [0.5, 0.6) is 0 Å². The van der Waals surface area contributed by atoms with Crippen molar-refractivity contribution in [2.24, 2.45) is 5.41 Å². The molecule has 2 aromatic rings. The molecule has 3 heteroatoms. The number of halogens is 1. The van der Waals surface area contributed by atoms with Crippen LogP contribution in [0.25, 0.3) is 0 Å². The Morgan fingerprint density at radius 2 is 1.81 bits per heavy atom. The van der Waals surface area contributed by atoms with Crippen molar-refractivity contribution in [2.75, 3.05) is 0 Å². The van der Waals surface area contributed by atoms with E-state index in [0.717, 1.165) is 35.4 Å². The first kappa shape index (κ1) is 20.4. The van der Waals surface area contributed by atoms with E-state index in [-0.39, 0.29) is 10.7 Å². The molecule has 1 atom stereocenters. The Kier molecular flexibility index (Phi) is 6.28. The van der Waals surface area contributed by atoms with Gasteiger partial charge in [0.25, 0.3) is 0 Å². The van der Waals surface area contributed by atoms with Crippen LogP contribution in [0.2, 0.25) is 5.02 Å². The summed E-state index contributed by atoms with van der Waals surface area (Å²) in [6.07, 6.45) is 2.72. The van der Waals surface area contributed by atoms with E-state index in [4.69, 9.17) is 11.6 Å². The molecule has 0 fully saturated rings. The predicted molar refractivity (Wildman–Crippen MR) is 118 cm³/mol. The van der Waals surface area contributed by atoms with Gasteiger partial charge in [-0.25, -0.2) is 0 Å². The number of aliphatic hydroxyl groups excluding tert-OH is 1. The number of benzene rings is 2. The first-order valence-corrected chi connectivity index (χ1v) is 10.9. The minimum atomic E-state index is 0.0391. The fourth-order valence-electron chi connectivity index (χ4n) is 3.65. The van der Waals surface area contributed by atoms with E-state index in [2.05, 4.69) is 58.0 Å². The Balaban J connectivity index is 2.02. The van der Waals surface area contributed by atoms with E-state index in [1.165, 1.54) is 10.5 Å². The van der Waals surface area contributed by atoms with E-state index in [1.54, 1.807) is 11.8 Å². The van der Waals surface area contributed by atoms with E-state index in [9.17, 15) is 5.11 Å². The van der Waals surface area contributed by atoms with Gasteiger partial charge in [0.2, 0.25) is 0 Å². The monoisotopic (exact) mass is 400 g/mol. The zero-order valence-electron chi connectivity index (χ0n) is 16.6. The molecule has 0 saturated carbocycles. The van der Waals surface area contributed by atoms with Crippen LogP contribution in [0.3, 0.4) is 0 Å². The number of hydrogen-bond acceptors (Lipinski definition) is 2. The highest BCUT2D eigenvalue weighted by Gasteiger charge is 2.32. The molecule has 0 aromatic heterocycles. The summed E-state index contributed by atoms with van der Waals surface area (Å²) in [5, 5.41) is 11.7. The summed E-state index contributed by atoms with van der Waals surface area (Å²) in [6.45, 7) is 8.88. The molecule has 0 saturated heterocycles. The van der Waals surface area contributed by atoms with Crippen molar-refractivity contribution in [3.05, 3.63) is 76.0 Å². The molecule has 1 unspecified atom stereocenters. The van der Waals surface area contributed by atoms with Crippen molar-refractivity contribution in [3.8, 4) is 0 Å². The summed E-state index contributed by atoms with van der Waals surface area (Å²) in [6, 6.07) is 16.8. The first-order valence-electron chi connectivity index (χ1n) is 9.69. The molecule has 1 aliphatic rings. The van der Waals surface area contributed by atoms with Crippen molar-refractivity contribution < 1.29 is 5.11 Å². The van der Waals surface area contributed by atoms with E-state index in [0.29, 0.717) is 11.7 Å². The quantitative estimate of drug-likeness (QED) is 0.509. The average Bonchev–Trinajstić information content (AvgIpc) is 2.60. The van der Waals surface area contributed by atoms with Crippen LogP contribution >= 0.6 is 23.4 Å². The Bertz CT molecular complexity index is 838. The molecule has 27 heavy (non-hydrogen) atoms. The molecule has 1 nitrogen and oxygen atoms in total. The second kappa shape index (κ2) is 8.32. The van der Waals surface area contributed by atoms with Gasteiger partial charge >= 0.3 is 0 Å². The summed E-state index contributed by atoms with van der Waals surface area (Å²) >= 11 is 8.37. The van der Waals surface area contributed by atoms with E-state index >= 15 is 0 Å². The van der Waals surface area contributed by atoms with Crippen LogP contribution in [0.4, 0.5) is 0 Å². The van der Waals surface area contributed by atoms with Crippen LogP contribution in [-0.2, 0) is 0 Å². The second-order valence-electron chi connectivity index (χ2n) is 8.56. The van der Waals surface area contributed by atoms with Crippen molar-refractivity contribution in [3.63, 3.8) is 0 Å². The van der Waals surface area contributed by atoms with Gasteiger partial charge in [-0.05, 0) is 59.1 Å². The maximum Gasteiger partial charge on any atom is 0.0934 e. The van der Waals surface area contributed by atoms with Crippen LogP contribution in [0.1, 0.15) is 69.3 Å². The third-order valence-corrected chi connectivity index (χ3v) is 7.02. The number of aliphatic hydroxyl groups is 1. The lowest BCUT2D eigenvalue weighted by molar-refractivity contribution is 0.238. The van der Waals surface area contributed by atoms with Gasteiger partial charge in [0.05, 0.1) is 11.0 Å². The smallest absolute Gasteiger partial charge is 0.0934 e. The standard InChI is InChI=1S/C24H29ClOS/c1-16(2)17-8-7-9-18(14-17)27-23(19-10-5-6-11-21(19)25)20-12-13-24(3,4)15-22(20)26/h5-11,14,16,23,26H,12-13,15H2,1-4H3. The van der Waals surface area contributed by atoms with Crippen molar-refractivity contribution in [1.29, 1.82) is 0 Å². The van der Waals surface area contributed by atoms with Crippen molar-refractivity contribution in [1.82, 2.24) is 0 Å². The minimum absolute atomic E-state index is 0.0391. The zero-order valence-corrected chi connectivity index (χ0v) is 18.2. The summed E-state index contributed by atoms with van der Waals surface area (Å²) in [5.41, 5.74) is 3.70. The highest BCUT2D eigenvalue weighted by atomic mass is 35.5. The summed E-state index contributed by atoms with van der Waals surface area (Å²) < 4.78 is 0. The lowest BCUT2D eigenvalue weighted by atomic mass is 9.76. The molecule has 0 heterocycles. The Morgan fingerprint density at radius 1 is 1.07 bits per heavy atom. The van der Waals surface area contributed by atoms with Gasteiger partial charge in [-0.3, -0.25) is 0 Å². The largest absolute Gasteiger partial charge is 0.512 e. The van der Waals surface area contributed by atoms with Gasteiger partial charge in [-0.1, -0.05) is 69.6 Å². The molecule has 1 N–H and O–H groups in total. The lowest BCUT2D eigenvalue weighted by Crippen LogP contribution is -2.20. The van der Waals surface area contributed by atoms with Gasteiger partial charge in [0.15, 0.2) is 0 Å². The summed E-state index contributed by atoms with van der Waals surface area (Å²) in [5.74, 6) is 1.04. The van der Waals surface area contributed by atoms with Gasteiger partial charge < -0.3 is 5.11 Å². The lowest BCUT2D eigenvalue weighted by Gasteiger charge is -2.34. The Morgan fingerprint density at radius 3 is 2.48 bits per heavy atom. The molecule has 0 aliphatic heterocycles. The molecule has 0 spiro atoms.